The van der Waals surface area contributed by atoms with Gasteiger partial charge in [0, 0.05) is 11.5 Å². The van der Waals surface area contributed by atoms with E-state index >= 15 is 0 Å². The molecule has 1 aromatic heterocycles. The van der Waals surface area contributed by atoms with Gasteiger partial charge in [0.2, 0.25) is 5.76 Å². The van der Waals surface area contributed by atoms with Crippen LogP contribution in [-0.2, 0) is 0 Å². The molecule has 2 aromatic carbocycles. The van der Waals surface area contributed by atoms with Crippen molar-refractivity contribution >= 4 is 32.8 Å². The van der Waals surface area contributed by atoms with Crippen LogP contribution in [0.5, 0.6) is 5.75 Å². The third-order valence-corrected chi connectivity index (χ3v) is 4.97. The summed E-state index contributed by atoms with van der Waals surface area (Å²) in [4.78, 5) is 27.3. The monoisotopic (exact) mass is 399 g/mol. The first kappa shape index (κ1) is 15.9. The molecule has 126 valence electrons. The number of benzene rings is 2. The SMILES string of the molecule is COc1cccc([C@@H]2c3c(oc4ccc(Br)cc4c3=O)C(=O)N2C)c1. The van der Waals surface area contributed by atoms with Crippen molar-refractivity contribution in [2.45, 2.75) is 6.04 Å². The van der Waals surface area contributed by atoms with Crippen molar-refractivity contribution in [3.63, 3.8) is 0 Å². The van der Waals surface area contributed by atoms with Crippen LogP contribution in [0.4, 0.5) is 0 Å². The minimum Gasteiger partial charge on any atom is -0.497 e. The summed E-state index contributed by atoms with van der Waals surface area (Å²) in [6.45, 7) is 0. The smallest absolute Gasteiger partial charge is 0.290 e. The number of nitrogens with zero attached hydrogens (tertiary/aromatic N) is 1. The van der Waals surface area contributed by atoms with Crippen LogP contribution in [0.15, 0.2) is 56.1 Å². The van der Waals surface area contributed by atoms with Gasteiger partial charge in [-0.05, 0) is 35.9 Å². The third kappa shape index (κ3) is 2.36. The predicted octanol–water partition coefficient (Wildman–Crippen LogP) is 3.74. The molecule has 0 fully saturated rings. The highest BCUT2D eigenvalue weighted by Gasteiger charge is 2.40. The van der Waals surface area contributed by atoms with E-state index in [1.54, 1.807) is 32.4 Å². The Bertz CT molecular complexity index is 1070. The van der Waals surface area contributed by atoms with E-state index in [0.717, 1.165) is 10.0 Å². The Morgan fingerprint density at radius 3 is 2.72 bits per heavy atom. The normalized spacial score (nSPS) is 16.4. The molecule has 2 heterocycles. The van der Waals surface area contributed by atoms with Gasteiger partial charge in [0.15, 0.2) is 5.43 Å². The molecule has 4 rings (SSSR count). The van der Waals surface area contributed by atoms with E-state index in [0.29, 0.717) is 22.3 Å². The Hall–Kier alpha value is -2.60. The fourth-order valence-electron chi connectivity index (χ4n) is 3.26. The highest BCUT2D eigenvalue weighted by Crippen LogP contribution is 2.38. The van der Waals surface area contributed by atoms with E-state index in [9.17, 15) is 9.59 Å². The topological polar surface area (TPSA) is 59.8 Å². The lowest BCUT2D eigenvalue weighted by atomic mass is 9.98. The van der Waals surface area contributed by atoms with Crippen LogP contribution in [0, 0.1) is 0 Å². The summed E-state index contributed by atoms with van der Waals surface area (Å²) < 4.78 is 11.8. The Kier molecular flexibility index (Phi) is 3.65. The molecule has 3 aromatic rings. The minimum atomic E-state index is -0.503. The number of ether oxygens (including phenoxy) is 1. The first-order valence-corrected chi connectivity index (χ1v) is 8.48. The first-order valence-electron chi connectivity index (χ1n) is 7.68. The van der Waals surface area contributed by atoms with Crippen LogP contribution >= 0.6 is 15.9 Å². The van der Waals surface area contributed by atoms with Crippen molar-refractivity contribution in [1.29, 1.82) is 0 Å². The van der Waals surface area contributed by atoms with Crippen molar-refractivity contribution < 1.29 is 13.9 Å². The maximum atomic E-state index is 13.1. The number of carbonyl (C=O) groups excluding carboxylic acids is 1. The summed E-state index contributed by atoms with van der Waals surface area (Å²) >= 11 is 3.38. The number of fused-ring (bicyclic) bond motifs is 2. The second kappa shape index (κ2) is 5.74. The standard InChI is InChI=1S/C19H14BrNO4/c1-21-16(10-4-3-5-12(8-10)24-2)15-17(22)13-9-11(20)6-7-14(13)25-18(15)19(21)23/h3-9,16H,1-2H3/t16-/m1/s1. The van der Waals surface area contributed by atoms with Crippen molar-refractivity contribution in [2.75, 3.05) is 14.2 Å². The summed E-state index contributed by atoms with van der Waals surface area (Å²) in [6, 6.07) is 12.0. The van der Waals surface area contributed by atoms with Gasteiger partial charge < -0.3 is 14.1 Å². The lowest BCUT2D eigenvalue weighted by Crippen LogP contribution is -2.25. The van der Waals surface area contributed by atoms with Gasteiger partial charge >= 0.3 is 0 Å². The molecule has 0 bridgehead atoms. The Morgan fingerprint density at radius 1 is 1.16 bits per heavy atom. The number of rotatable bonds is 2. The lowest BCUT2D eigenvalue weighted by molar-refractivity contribution is 0.0771. The largest absolute Gasteiger partial charge is 0.497 e. The van der Waals surface area contributed by atoms with Crippen LogP contribution in [0.25, 0.3) is 11.0 Å². The van der Waals surface area contributed by atoms with Gasteiger partial charge in [0.05, 0.1) is 24.1 Å². The molecule has 0 unspecified atom stereocenters. The van der Waals surface area contributed by atoms with Crippen molar-refractivity contribution in [3.8, 4) is 5.75 Å². The fourth-order valence-corrected chi connectivity index (χ4v) is 3.62. The third-order valence-electron chi connectivity index (χ3n) is 4.47. The zero-order chi connectivity index (χ0) is 17.7. The number of carbonyl (C=O) groups is 1. The number of methoxy groups -OCH3 is 1. The molecule has 0 spiro atoms. The van der Waals surface area contributed by atoms with Gasteiger partial charge in [-0.25, -0.2) is 0 Å². The number of halogens is 1. The molecule has 0 saturated carbocycles. The van der Waals surface area contributed by atoms with E-state index < -0.39 is 6.04 Å². The molecule has 1 amide bonds. The van der Waals surface area contributed by atoms with Crippen LogP contribution in [0.3, 0.4) is 0 Å². The van der Waals surface area contributed by atoms with Gasteiger partial charge in [-0.2, -0.15) is 0 Å². The van der Waals surface area contributed by atoms with E-state index in [2.05, 4.69) is 15.9 Å². The second-order valence-electron chi connectivity index (χ2n) is 5.91. The quantitative estimate of drug-likeness (QED) is 0.658. The summed E-state index contributed by atoms with van der Waals surface area (Å²) in [5.41, 5.74) is 1.38. The summed E-state index contributed by atoms with van der Waals surface area (Å²) in [7, 11) is 3.25. The number of amides is 1. The molecule has 1 aliphatic rings. The summed E-state index contributed by atoms with van der Waals surface area (Å²) in [5, 5.41) is 0.448. The van der Waals surface area contributed by atoms with Crippen molar-refractivity contribution in [2.24, 2.45) is 0 Å². The molecular weight excluding hydrogens is 386 g/mol. The molecule has 0 saturated heterocycles. The van der Waals surface area contributed by atoms with E-state index in [1.807, 2.05) is 24.3 Å². The van der Waals surface area contributed by atoms with Gasteiger partial charge in [-0.15, -0.1) is 0 Å². The van der Waals surface area contributed by atoms with Crippen molar-refractivity contribution in [3.05, 3.63) is 74.0 Å². The number of hydrogen-bond donors (Lipinski definition) is 0. The van der Waals surface area contributed by atoms with E-state index in [-0.39, 0.29) is 17.1 Å². The van der Waals surface area contributed by atoms with Crippen LogP contribution in [-0.4, -0.2) is 25.0 Å². The molecule has 25 heavy (non-hydrogen) atoms. The van der Waals surface area contributed by atoms with Crippen LogP contribution < -0.4 is 10.2 Å². The van der Waals surface area contributed by atoms with Crippen LogP contribution in [0.2, 0.25) is 0 Å². The molecule has 1 aliphatic heterocycles. The zero-order valence-electron chi connectivity index (χ0n) is 13.6. The predicted molar refractivity (Wildman–Crippen MR) is 97.1 cm³/mol. The average Bonchev–Trinajstić information content (AvgIpc) is 2.87. The number of hydrogen-bond acceptors (Lipinski definition) is 4. The molecule has 6 heteroatoms. The van der Waals surface area contributed by atoms with Crippen molar-refractivity contribution in [1.82, 2.24) is 4.90 Å². The Balaban J connectivity index is 2.01. The van der Waals surface area contributed by atoms with Gasteiger partial charge in [-0.1, -0.05) is 28.1 Å². The van der Waals surface area contributed by atoms with E-state index in [1.165, 1.54) is 4.90 Å². The minimum absolute atomic E-state index is 0.107. The summed E-state index contributed by atoms with van der Waals surface area (Å²) in [6.07, 6.45) is 0. The average molecular weight is 400 g/mol. The zero-order valence-corrected chi connectivity index (χ0v) is 15.2. The van der Waals surface area contributed by atoms with E-state index in [4.69, 9.17) is 9.15 Å². The Labute approximate surface area is 151 Å². The highest BCUT2D eigenvalue weighted by molar-refractivity contribution is 9.10. The van der Waals surface area contributed by atoms with Gasteiger partial charge in [0.1, 0.15) is 11.3 Å². The molecule has 0 aliphatic carbocycles. The second-order valence-corrected chi connectivity index (χ2v) is 6.83. The highest BCUT2D eigenvalue weighted by atomic mass is 79.9. The van der Waals surface area contributed by atoms with Crippen LogP contribution in [0.1, 0.15) is 27.7 Å². The molecular formula is C19H14BrNO4. The molecule has 0 radical (unpaired) electrons. The van der Waals surface area contributed by atoms with Gasteiger partial charge in [0.25, 0.3) is 5.91 Å². The maximum Gasteiger partial charge on any atom is 0.290 e. The fraction of sp³-hybridized carbons (Fsp3) is 0.158. The molecule has 5 nitrogen and oxygen atoms in total. The lowest BCUT2D eigenvalue weighted by Gasteiger charge is -2.20. The molecule has 1 atom stereocenters. The maximum absolute atomic E-state index is 13.1. The first-order chi connectivity index (χ1) is 12.0. The summed E-state index contributed by atoms with van der Waals surface area (Å²) in [5.74, 6) is 0.472. The molecule has 0 N–H and O–H groups in total. The Morgan fingerprint density at radius 2 is 1.96 bits per heavy atom. The van der Waals surface area contributed by atoms with Gasteiger partial charge in [-0.3, -0.25) is 9.59 Å².